The van der Waals surface area contributed by atoms with Crippen molar-refractivity contribution in [1.29, 1.82) is 0 Å². The van der Waals surface area contributed by atoms with Crippen LogP contribution in [0.4, 0.5) is 0 Å². The van der Waals surface area contributed by atoms with Crippen LogP contribution in [0.1, 0.15) is 34.4 Å². The zero-order chi connectivity index (χ0) is 14.0. The molecule has 0 aliphatic carbocycles. The molecule has 0 aliphatic heterocycles. The van der Waals surface area contributed by atoms with Crippen molar-refractivity contribution in [1.82, 2.24) is 14.8 Å². The molecular weight excluding hydrogens is 306 g/mol. The Morgan fingerprint density at radius 2 is 2.11 bits per heavy atom. The third kappa shape index (κ3) is 2.92. The second kappa shape index (κ2) is 5.65. The first kappa shape index (κ1) is 13.9. The van der Waals surface area contributed by atoms with Crippen molar-refractivity contribution < 1.29 is 4.79 Å². The molecule has 0 aromatic carbocycles. The first-order chi connectivity index (χ1) is 9.02. The van der Waals surface area contributed by atoms with E-state index in [1.54, 1.807) is 6.20 Å². The lowest BCUT2D eigenvalue weighted by atomic mass is 10.1. The summed E-state index contributed by atoms with van der Waals surface area (Å²) in [6.07, 6.45) is 1.96. The van der Waals surface area contributed by atoms with Crippen molar-refractivity contribution in [2.45, 2.75) is 33.7 Å². The summed E-state index contributed by atoms with van der Waals surface area (Å²) in [5.41, 5.74) is 3.38. The van der Waals surface area contributed by atoms with E-state index in [9.17, 15) is 4.79 Å². The number of rotatable bonds is 4. The Bertz CT molecular complexity index is 602. The number of pyridine rings is 1. The number of Topliss-reactive ketones (excluding diaryl/α,β-unsaturated/α-hetero) is 1. The van der Waals surface area contributed by atoms with Gasteiger partial charge >= 0.3 is 0 Å². The number of ketones is 1. The molecule has 0 unspecified atom stereocenters. The van der Waals surface area contributed by atoms with E-state index in [1.165, 1.54) is 0 Å². The number of halogens is 1. The van der Waals surface area contributed by atoms with Crippen LogP contribution in [0.15, 0.2) is 22.8 Å². The van der Waals surface area contributed by atoms with Crippen LogP contribution in [0, 0.1) is 13.8 Å². The van der Waals surface area contributed by atoms with E-state index in [0.29, 0.717) is 12.0 Å². The Morgan fingerprint density at radius 1 is 1.37 bits per heavy atom. The number of hydrogen-bond acceptors (Lipinski definition) is 3. The summed E-state index contributed by atoms with van der Waals surface area (Å²) in [5, 5.41) is 4.39. The first-order valence-electron chi connectivity index (χ1n) is 6.20. The number of nitrogens with zero attached hydrogens (tertiary/aromatic N) is 3. The van der Waals surface area contributed by atoms with Crippen molar-refractivity contribution in [3.05, 3.63) is 45.4 Å². The molecule has 2 heterocycles. The summed E-state index contributed by atoms with van der Waals surface area (Å²) < 4.78 is 2.78. The molecule has 0 atom stereocenters. The van der Waals surface area contributed by atoms with Gasteiger partial charge in [0.2, 0.25) is 0 Å². The van der Waals surface area contributed by atoms with Gasteiger partial charge in [0.25, 0.3) is 0 Å². The molecule has 0 saturated carbocycles. The van der Waals surface area contributed by atoms with Gasteiger partial charge in [-0.25, -0.2) is 0 Å². The average Bonchev–Trinajstić information content (AvgIpc) is 2.67. The van der Waals surface area contributed by atoms with E-state index < -0.39 is 0 Å². The lowest BCUT2D eigenvalue weighted by Crippen LogP contribution is -2.10. The van der Waals surface area contributed by atoms with Crippen molar-refractivity contribution in [3.8, 4) is 0 Å². The predicted molar refractivity (Wildman–Crippen MR) is 77.3 cm³/mol. The zero-order valence-corrected chi connectivity index (χ0v) is 12.9. The quantitative estimate of drug-likeness (QED) is 0.813. The number of carbonyl (C=O) groups is 1. The molecule has 4 nitrogen and oxygen atoms in total. The van der Waals surface area contributed by atoms with Crippen LogP contribution in [-0.2, 0) is 13.0 Å². The van der Waals surface area contributed by atoms with E-state index in [4.69, 9.17) is 0 Å². The fourth-order valence-electron chi connectivity index (χ4n) is 1.92. The molecule has 0 amide bonds. The number of hydrogen-bond donors (Lipinski definition) is 0. The topological polar surface area (TPSA) is 47.8 Å². The highest BCUT2D eigenvalue weighted by molar-refractivity contribution is 9.10. The number of carbonyl (C=O) groups excluding carboxylic acids is 1. The smallest absolute Gasteiger partial charge is 0.170 e. The van der Waals surface area contributed by atoms with Gasteiger partial charge in [0.05, 0.1) is 22.3 Å². The van der Waals surface area contributed by atoms with E-state index in [0.717, 1.165) is 28.1 Å². The molecule has 0 spiro atoms. The fraction of sp³-hybridized carbons (Fsp3) is 0.357. The SMILES string of the molecule is CCn1nc(C)c(Br)c1CC(=O)c1ccc(C)nc1. The molecule has 0 bridgehead atoms. The molecule has 0 fully saturated rings. The van der Waals surface area contributed by atoms with Gasteiger partial charge in [-0.1, -0.05) is 0 Å². The maximum atomic E-state index is 12.3. The van der Waals surface area contributed by atoms with Gasteiger partial charge in [0.1, 0.15) is 0 Å². The Labute approximate surface area is 121 Å². The fourth-order valence-corrected chi connectivity index (χ4v) is 2.35. The summed E-state index contributed by atoms with van der Waals surface area (Å²) in [5.74, 6) is 0.0581. The molecule has 5 heteroatoms. The lowest BCUT2D eigenvalue weighted by molar-refractivity contribution is 0.0990. The Kier molecular flexibility index (Phi) is 4.14. The second-order valence-corrected chi connectivity index (χ2v) is 5.24. The normalized spacial score (nSPS) is 10.7. The summed E-state index contributed by atoms with van der Waals surface area (Å²) in [6.45, 7) is 6.60. The predicted octanol–water partition coefficient (Wildman–Crippen LogP) is 3.10. The standard InChI is InChI=1S/C14H16BrN3O/c1-4-18-12(14(15)10(3)17-18)7-13(19)11-6-5-9(2)16-8-11/h5-6,8H,4,7H2,1-3H3. The van der Waals surface area contributed by atoms with Crippen LogP contribution in [0.3, 0.4) is 0 Å². The van der Waals surface area contributed by atoms with Crippen LogP contribution in [-0.4, -0.2) is 20.5 Å². The molecule has 0 saturated heterocycles. The van der Waals surface area contributed by atoms with Gasteiger partial charge in [-0.3, -0.25) is 14.5 Å². The number of aryl methyl sites for hydroxylation is 3. The molecule has 0 aliphatic rings. The van der Waals surface area contributed by atoms with Crippen LogP contribution in [0.2, 0.25) is 0 Å². The highest BCUT2D eigenvalue weighted by Crippen LogP contribution is 2.22. The molecule has 100 valence electrons. The first-order valence-corrected chi connectivity index (χ1v) is 6.99. The van der Waals surface area contributed by atoms with Crippen molar-refractivity contribution in [2.75, 3.05) is 0 Å². The minimum Gasteiger partial charge on any atom is -0.294 e. The summed E-state index contributed by atoms with van der Waals surface area (Å²) in [4.78, 5) is 16.4. The highest BCUT2D eigenvalue weighted by atomic mass is 79.9. The summed E-state index contributed by atoms with van der Waals surface area (Å²) >= 11 is 3.50. The van der Waals surface area contributed by atoms with Gasteiger partial charge in [0, 0.05) is 24.0 Å². The highest BCUT2D eigenvalue weighted by Gasteiger charge is 2.16. The number of aromatic nitrogens is 3. The van der Waals surface area contributed by atoms with E-state index in [1.807, 2.05) is 37.6 Å². The maximum Gasteiger partial charge on any atom is 0.170 e. The molecular formula is C14H16BrN3O. The van der Waals surface area contributed by atoms with Crippen LogP contribution < -0.4 is 0 Å². The van der Waals surface area contributed by atoms with Crippen molar-refractivity contribution in [3.63, 3.8) is 0 Å². The largest absolute Gasteiger partial charge is 0.294 e. The van der Waals surface area contributed by atoms with Crippen LogP contribution in [0.5, 0.6) is 0 Å². The van der Waals surface area contributed by atoms with E-state index in [-0.39, 0.29) is 5.78 Å². The third-order valence-electron chi connectivity index (χ3n) is 3.01. The minimum atomic E-state index is 0.0581. The molecule has 2 aromatic rings. The molecule has 2 aromatic heterocycles. The van der Waals surface area contributed by atoms with Gasteiger partial charge in [0.15, 0.2) is 5.78 Å². The maximum absolute atomic E-state index is 12.3. The van der Waals surface area contributed by atoms with E-state index >= 15 is 0 Å². The Balaban J connectivity index is 2.26. The molecule has 0 N–H and O–H groups in total. The molecule has 2 rings (SSSR count). The summed E-state index contributed by atoms with van der Waals surface area (Å²) in [6, 6.07) is 3.67. The molecule has 0 radical (unpaired) electrons. The monoisotopic (exact) mass is 321 g/mol. The molecule has 19 heavy (non-hydrogen) atoms. The van der Waals surface area contributed by atoms with E-state index in [2.05, 4.69) is 26.0 Å². The second-order valence-electron chi connectivity index (χ2n) is 4.45. The van der Waals surface area contributed by atoms with Crippen molar-refractivity contribution >= 4 is 21.7 Å². The van der Waals surface area contributed by atoms with Gasteiger partial charge < -0.3 is 0 Å². The van der Waals surface area contributed by atoms with Gasteiger partial charge in [-0.15, -0.1) is 0 Å². The van der Waals surface area contributed by atoms with Gasteiger partial charge in [-0.05, 0) is 48.8 Å². The Morgan fingerprint density at radius 3 is 2.68 bits per heavy atom. The van der Waals surface area contributed by atoms with Crippen LogP contribution >= 0.6 is 15.9 Å². The van der Waals surface area contributed by atoms with Crippen LogP contribution in [0.25, 0.3) is 0 Å². The lowest BCUT2D eigenvalue weighted by Gasteiger charge is -2.05. The van der Waals surface area contributed by atoms with Gasteiger partial charge in [-0.2, -0.15) is 5.10 Å². The Hall–Kier alpha value is -1.49. The zero-order valence-electron chi connectivity index (χ0n) is 11.3. The average molecular weight is 322 g/mol. The minimum absolute atomic E-state index is 0.0581. The summed E-state index contributed by atoms with van der Waals surface area (Å²) in [7, 11) is 0. The van der Waals surface area contributed by atoms with Crippen molar-refractivity contribution in [2.24, 2.45) is 0 Å². The third-order valence-corrected chi connectivity index (χ3v) is 4.05.